The predicted octanol–water partition coefficient (Wildman–Crippen LogP) is 2.63. The summed E-state index contributed by atoms with van der Waals surface area (Å²) in [4.78, 5) is 24.5. The number of alkyl halides is 3. The van der Waals surface area contributed by atoms with Crippen molar-refractivity contribution in [1.29, 1.82) is 0 Å². The fourth-order valence-corrected chi connectivity index (χ4v) is 2.31. The number of carbonyl (C=O) groups is 2. The molecule has 7 heteroatoms. The zero-order valence-corrected chi connectivity index (χ0v) is 11.9. The zero-order valence-electron chi connectivity index (χ0n) is 11.1. The van der Waals surface area contributed by atoms with E-state index in [1.165, 1.54) is 0 Å². The summed E-state index contributed by atoms with van der Waals surface area (Å²) in [6.07, 6.45) is -4.96. The van der Waals surface area contributed by atoms with E-state index >= 15 is 0 Å². The largest absolute Gasteiger partial charge is 0.450 e. The highest BCUT2D eigenvalue weighted by Crippen LogP contribution is 2.25. The molecular weight excluding hydrogens is 307 g/mol. The summed E-state index contributed by atoms with van der Waals surface area (Å²) < 4.78 is 37.3. The van der Waals surface area contributed by atoms with Gasteiger partial charge >= 0.3 is 6.18 Å². The molecule has 0 N–H and O–H groups in total. The Balaban J connectivity index is 0.00000220. The minimum Gasteiger partial charge on any atom is -0.299 e. The van der Waals surface area contributed by atoms with Gasteiger partial charge in [0.15, 0.2) is 0 Å². The molecule has 1 unspecified atom stereocenters. The molecule has 1 fully saturated rings. The van der Waals surface area contributed by atoms with E-state index in [-0.39, 0.29) is 25.4 Å². The van der Waals surface area contributed by atoms with Crippen molar-refractivity contribution >= 4 is 24.0 Å². The molecule has 2 rings (SSSR count). The minimum absolute atomic E-state index is 0. The summed E-state index contributed by atoms with van der Waals surface area (Å²) in [5.74, 6) is -4.12. The lowest BCUT2D eigenvalue weighted by Crippen LogP contribution is -2.47. The van der Waals surface area contributed by atoms with Crippen molar-refractivity contribution in [3.8, 4) is 0 Å². The molecule has 1 aliphatic rings. The summed E-state index contributed by atoms with van der Waals surface area (Å²) in [6.45, 7) is 0.664. The Bertz CT molecular complexity index is 505. The van der Waals surface area contributed by atoms with Gasteiger partial charge in [-0.25, -0.2) is 0 Å². The summed E-state index contributed by atoms with van der Waals surface area (Å²) in [5, 5.41) is 0. The molecule has 1 aromatic carbocycles. The van der Waals surface area contributed by atoms with Gasteiger partial charge < -0.3 is 0 Å². The number of hydrogen-bond donors (Lipinski definition) is 0. The highest BCUT2D eigenvalue weighted by molar-refractivity contribution is 6.05. The van der Waals surface area contributed by atoms with E-state index in [0.717, 1.165) is 5.56 Å². The van der Waals surface area contributed by atoms with Gasteiger partial charge in [0.2, 0.25) is 5.78 Å². The smallest absolute Gasteiger partial charge is 0.299 e. The Morgan fingerprint density at radius 1 is 1.24 bits per heavy atom. The predicted molar refractivity (Wildman–Crippen MR) is 73.1 cm³/mol. The number of benzene rings is 1. The van der Waals surface area contributed by atoms with E-state index in [4.69, 9.17) is 0 Å². The molecule has 116 valence electrons. The van der Waals surface area contributed by atoms with Gasteiger partial charge in [-0.05, 0) is 5.56 Å². The van der Waals surface area contributed by atoms with Crippen molar-refractivity contribution in [2.24, 2.45) is 5.92 Å². The third kappa shape index (κ3) is 4.54. The molecule has 1 heterocycles. The van der Waals surface area contributed by atoms with Gasteiger partial charge in [-0.1, -0.05) is 30.3 Å². The maximum absolute atomic E-state index is 12.4. The quantitative estimate of drug-likeness (QED) is 0.803. The normalized spacial score (nSPS) is 20.0. The second kappa shape index (κ2) is 7.04. The molecule has 1 saturated heterocycles. The van der Waals surface area contributed by atoms with Crippen LogP contribution < -0.4 is 0 Å². The van der Waals surface area contributed by atoms with Crippen LogP contribution in [0.4, 0.5) is 13.2 Å². The average molecular weight is 322 g/mol. The molecular formula is C14H15ClF3NO2. The van der Waals surface area contributed by atoms with Crippen LogP contribution >= 0.6 is 12.4 Å². The van der Waals surface area contributed by atoms with Gasteiger partial charge in [0.25, 0.3) is 0 Å². The second-order valence-electron chi connectivity index (χ2n) is 4.85. The van der Waals surface area contributed by atoms with Crippen molar-refractivity contribution in [1.82, 2.24) is 4.90 Å². The third-order valence-corrected chi connectivity index (χ3v) is 3.35. The maximum atomic E-state index is 12.4. The number of ketones is 2. The van der Waals surface area contributed by atoms with Gasteiger partial charge in [0, 0.05) is 26.1 Å². The first-order valence-electron chi connectivity index (χ1n) is 6.28. The SMILES string of the molecule is Cl.O=C1CCN(Cc2ccccc2)CC1C(=O)C(F)(F)F. The molecule has 0 bridgehead atoms. The number of carbonyl (C=O) groups excluding carboxylic acids is 2. The van der Waals surface area contributed by atoms with Crippen LogP contribution in [0.3, 0.4) is 0 Å². The monoisotopic (exact) mass is 321 g/mol. The van der Waals surface area contributed by atoms with E-state index < -0.39 is 23.7 Å². The van der Waals surface area contributed by atoms with E-state index in [0.29, 0.717) is 13.1 Å². The van der Waals surface area contributed by atoms with Crippen molar-refractivity contribution in [3.63, 3.8) is 0 Å². The summed E-state index contributed by atoms with van der Waals surface area (Å²) in [7, 11) is 0. The molecule has 0 spiro atoms. The first kappa shape index (κ1) is 17.7. The number of rotatable bonds is 3. The fraction of sp³-hybridized carbons (Fsp3) is 0.429. The maximum Gasteiger partial charge on any atom is 0.450 e. The fourth-order valence-electron chi connectivity index (χ4n) is 2.31. The highest BCUT2D eigenvalue weighted by atomic mass is 35.5. The molecule has 0 amide bonds. The molecule has 3 nitrogen and oxygen atoms in total. The Morgan fingerprint density at radius 2 is 1.86 bits per heavy atom. The first-order chi connectivity index (χ1) is 9.38. The molecule has 1 aromatic rings. The van der Waals surface area contributed by atoms with Crippen LogP contribution in [0.25, 0.3) is 0 Å². The minimum atomic E-state index is -4.95. The van der Waals surface area contributed by atoms with E-state index in [1.807, 2.05) is 30.3 Å². The van der Waals surface area contributed by atoms with Gasteiger partial charge in [-0.2, -0.15) is 13.2 Å². The lowest BCUT2D eigenvalue weighted by molar-refractivity contribution is -0.178. The van der Waals surface area contributed by atoms with Gasteiger partial charge in [-0.15, -0.1) is 12.4 Å². The van der Waals surface area contributed by atoms with Crippen LogP contribution in [0, 0.1) is 5.92 Å². The van der Waals surface area contributed by atoms with Gasteiger partial charge in [0.05, 0.1) is 5.92 Å². The standard InChI is InChI=1S/C14H14F3NO2.ClH/c15-14(16,17)13(20)11-9-18(7-6-12(11)19)8-10-4-2-1-3-5-10;/h1-5,11H,6-9H2;1H. The number of halogens is 4. The zero-order chi connectivity index (χ0) is 14.8. The van der Waals surface area contributed by atoms with Crippen molar-refractivity contribution in [3.05, 3.63) is 35.9 Å². The Hall–Kier alpha value is -1.40. The van der Waals surface area contributed by atoms with Crippen molar-refractivity contribution in [2.75, 3.05) is 13.1 Å². The molecule has 1 aliphatic heterocycles. The van der Waals surface area contributed by atoms with Crippen LogP contribution in [0.5, 0.6) is 0 Å². The molecule has 0 saturated carbocycles. The second-order valence-corrected chi connectivity index (χ2v) is 4.85. The van der Waals surface area contributed by atoms with Gasteiger partial charge in [0.1, 0.15) is 5.78 Å². The van der Waals surface area contributed by atoms with Crippen molar-refractivity contribution in [2.45, 2.75) is 19.1 Å². The lowest BCUT2D eigenvalue weighted by atomic mass is 9.91. The molecule has 0 aromatic heterocycles. The van der Waals surface area contributed by atoms with E-state index in [9.17, 15) is 22.8 Å². The number of piperidine rings is 1. The van der Waals surface area contributed by atoms with Crippen LogP contribution in [0.1, 0.15) is 12.0 Å². The number of Topliss-reactive ketones (excluding diaryl/α,β-unsaturated/α-hetero) is 2. The summed E-state index contributed by atoms with van der Waals surface area (Å²) in [6, 6.07) is 9.23. The average Bonchev–Trinajstić information content (AvgIpc) is 2.40. The molecule has 21 heavy (non-hydrogen) atoms. The molecule has 0 aliphatic carbocycles. The molecule has 1 atom stereocenters. The number of hydrogen-bond acceptors (Lipinski definition) is 3. The Morgan fingerprint density at radius 3 is 2.43 bits per heavy atom. The van der Waals surface area contributed by atoms with E-state index in [1.54, 1.807) is 4.90 Å². The number of nitrogens with zero attached hydrogens (tertiary/aromatic N) is 1. The van der Waals surface area contributed by atoms with Crippen LogP contribution in [0.2, 0.25) is 0 Å². The third-order valence-electron chi connectivity index (χ3n) is 3.35. The van der Waals surface area contributed by atoms with Crippen LogP contribution in [-0.2, 0) is 16.1 Å². The van der Waals surface area contributed by atoms with Crippen LogP contribution in [-0.4, -0.2) is 35.7 Å². The summed E-state index contributed by atoms with van der Waals surface area (Å²) >= 11 is 0. The molecule has 0 radical (unpaired) electrons. The first-order valence-corrected chi connectivity index (χ1v) is 6.28. The van der Waals surface area contributed by atoms with E-state index in [2.05, 4.69) is 0 Å². The number of likely N-dealkylation sites (tertiary alicyclic amines) is 1. The van der Waals surface area contributed by atoms with Gasteiger partial charge in [-0.3, -0.25) is 14.5 Å². The summed E-state index contributed by atoms with van der Waals surface area (Å²) in [5.41, 5.74) is 0.944. The van der Waals surface area contributed by atoms with Crippen LogP contribution in [0.15, 0.2) is 30.3 Å². The Labute approximate surface area is 126 Å². The lowest BCUT2D eigenvalue weighted by Gasteiger charge is -2.31. The Kier molecular flexibility index (Phi) is 5.92. The highest BCUT2D eigenvalue weighted by Gasteiger charge is 2.47. The van der Waals surface area contributed by atoms with Crippen molar-refractivity contribution < 1.29 is 22.8 Å². The topological polar surface area (TPSA) is 37.4 Å².